The van der Waals surface area contributed by atoms with Crippen LogP contribution in [0.25, 0.3) is 0 Å². The molecule has 4 nitrogen and oxygen atoms in total. The van der Waals surface area contributed by atoms with Crippen LogP contribution in [0, 0.1) is 17.0 Å². The third-order valence-electron chi connectivity index (χ3n) is 3.62. The smallest absolute Gasteiger partial charge is 0.0862 e. The van der Waals surface area contributed by atoms with Crippen molar-refractivity contribution in [2.24, 2.45) is 0 Å². The van der Waals surface area contributed by atoms with Crippen LogP contribution in [0.1, 0.15) is 26.2 Å². The van der Waals surface area contributed by atoms with Crippen molar-refractivity contribution in [3.63, 3.8) is 0 Å². The quantitative estimate of drug-likeness (QED) is 0.689. The Labute approximate surface area is 96.8 Å². The first-order valence-electron chi connectivity index (χ1n) is 5.99. The molecule has 0 amide bonds. The summed E-state index contributed by atoms with van der Waals surface area (Å²) in [5.41, 5.74) is 0. The van der Waals surface area contributed by atoms with Crippen LogP contribution >= 0.6 is 0 Å². The molecule has 3 unspecified atom stereocenters. The molecule has 0 aliphatic carbocycles. The maximum absolute atomic E-state index is 11.7. The van der Waals surface area contributed by atoms with E-state index in [2.05, 4.69) is 16.7 Å². The Morgan fingerprint density at radius 3 is 2.69 bits per heavy atom. The van der Waals surface area contributed by atoms with Crippen LogP contribution in [0.3, 0.4) is 0 Å². The van der Waals surface area contributed by atoms with E-state index in [1.165, 1.54) is 12.8 Å². The molecule has 0 bridgehead atoms. The van der Waals surface area contributed by atoms with Crippen molar-refractivity contribution in [1.82, 2.24) is 9.96 Å². The summed E-state index contributed by atoms with van der Waals surface area (Å²) in [6.45, 7) is 4.22. The van der Waals surface area contributed by atoms with Crippen LogP contribution < -0.4 is 0 Å². The van der Waals surface area contributed by atoms with Gasteiger partial charge in [-0.2, -0.15) is 0 Å². The molecule has 2 aliphatic rings. The lowest BCUT2D eigenvalue weighted by Gasteiger charge is -2.29. The molecule has 16 heavy (non-hydrogen) atoms. The largest absolute Gasteiger partial charge is 0.785 e. The Bertz CT molecular complexity index is 291. The maximum atomic E-state index is 11.7. The number of nitrogens with zero attached hydrogens (tertiary/aromatic N) is 2. The minimum absolute atomic E-state index is 0.0173. The van der Waals surface area contributed by atoms with Crippen LogP contribution in [0.2, 0.25) is 0 Å². The summed E-state index contributed by atoms with van der Waals surface area (Å²) in [5, 5.41) is 22.9. The molecule has 2 rings (SSSR count). The fourth-order valence-electron chi connectivity index (χ4n) is 2.69. The summed E-state index contributed by atoms with van der Waals surface area (Å²) >= 11 is 0. The lowest BCUT2D eigenvalue weighted by Crippen LogP contribution is -2.43. The molecular formula is C12H19N2O2-. The van der Waals surface area contributed by atoms with E-state index in [0.717, 1.165) is 18.2 Å². The van der Waals surface area contributed by atoms with Gasteiger partial charge in [-0.3, -0.25) is 4.90 Å². The highest BCUT2D eigenvalue weighted by molar-refractivity contribution is 5.06. The van der Waals surface area contributed by atoms with Crippen LogP contribution in [0.5, 0.6) is 0 Å². The normalized spacial score (nSPS) is 36.3. The molecule has 2 saturated heterocycles. The molecule has 2 heterocycles. The van der Waals surface area contributed by atoms with Crippen LogP contribution in [0.4, 0.5) is 0 Å². The Morgan fingerprint density at radius 1 is 1.38 bits per heavy atom. The summed E-state index contributed by atoms with van der Waals surface area (Å²) in [7, 11) is 0. The number of rotatable bonds is 2. The van der Waals surface area contributed by atoms with Crippen LogP contribution in [-0.4, -0.2) is 52.9 Å². The third kappa shape index (κ3) is 2.23. The minimum atomic E-state index is -0.545. The predicted molar refractivity (Wildman–Crippen MR) is 62.5 cm³/mol. The van der Waals surface area contributed by atoms with Crippen molar-refractivity contribution < 1.29 is 5.11 Å². The molecule has 90 valence electrons. The molecule has 2 aliphatic heterocycles. The Kier molecular flexibility index (Phi) is 3.82. The third-order valence-corrected chi connectivity index (χ3v) is 3.62. The van der Waals surface area contributed by atoms with Gasteiger partial charge in [0.1, 0.15) is 0 Å². The van der Waals surface area contributed by atoms with Gasteiger partial charge in [0, 0.05) is 25.0 Å². The summed E-state index contributed by atoms with van der Waals surface area (Å²) < 4.78 is 0. The first kappa shape index (κ1) is 11.9. The predicted octanol–water partition coefficient (Wildman–Crippen LogP) is 0.407. The lowest BCUT2D eigenvalue weighted by molar-refractivity contribution is 0.0742. The van der Waals surface area contributed by atoms with E-state index >= 15 is 0 Å². The van der Waals surface area contributed by atoms with Crippen LogP contribution in [-0.2, 0) is 0 Å². The molecule has 0 aromatic rings. The van der Waals surface area contributed by atoms with E-state index in [1.54, 1.807) is 6.92 Å². The zero-order valence-corrected chi connectivity index (χ0v) is 9.72. The second-order valence-electron chi connectivity index (χ2n) is 4.60. The zero-order chi connectivity index (χ0) is 11.5. The van der Waals surface area contributed by atoms with Crippen molar-refractivity contribution in [3.8, 4) is 11.8 Å². The van der Waals surface area contributed by atoms with Gasteiger partial charge >= 0.3 is 0 Å². The number of hydrogen-bond donors (Lipinski definition) is 1. The van der Waals surface area contributed by atoms with Crippen molar-refractivity contribution in [3.05, 3.63) is 5.21 Å². The van der Waals surface area contributed by atoms with Gasteiger partial charge in [-0.25, -0.2) is 0 Å². The van der Waals surface area contributed by atoms with Gasteiger partial charge in [0.05, 0.1) is 6.10 Å². The molecule has 4 heteroatoms. The summed E-state index contributed by atoms with van der Waals surface area (Å²) in [6, 6.07) is -0.318. The summed E-state index contributed by atoms with van der Waals surface area (Å²) in [4.78, 5) is 2.24. The highest BCUT2D eigenvalue weighted by atomic mass is 16.5. The topological polar surface area (TPSA) is 49.8 Å². The monoisotopic (exact) mass is 223 g/mol. The first-order chi connectivity index (χ1) is 7.74. The molecule has 3 atom stereocenters. The van der Waals surface area contributed by atoms with Gasteiger partial charge in [0.15, 0.2) is 0 Å². The van der Waals surface area contributed by atoms with Gasteiger partial charge in [0.2, 0.25) is 0 Å². The molecule has 0 radical (unpaired) electrons. The summed E-state index contributed by atoms with van der Waals surface area (Å²) in [6.07, 6.45) is 2.30. The standard InChI is InChI=1S/C12H19N2O2/c1-2-3-6-10-12(15)11(9-14(10)16)13-7-4-5-8-13/h10-12,15H,4-9H2,1H3/q-1. The summed E-state index contributed by atoms with van der Waals surface area (Å²) in [5.74, 6) is 5.67. The van der Waals surface area contributed by atoms with E-state index in [4.69, 9.17) is 0 Å². The highest BCUT2D eigenvalue weighted by Crippen LogP contribution is 2.26. The zero-order valence-electron chi connectivity index (χ0n) is 9.72. The van der Waals surface area contributed by atoms with Gasteiger partial charge < -0.3 is 15.4 Å². The first-order valence-corrected chi connectivity index (χ1v) is 5.99. The fourth-order valence-corrected chi connectivity index (χ4v) is 2.69. The number of likely N-dealkylation sites (tertiary alicyclic amines) is 1. The van der Waals surface area contributed by atoms with Gasteiger partial charge in [0.25, 0.3) is 0 Å². The Morgan fingerprint density at radius 2 is 2.06 bits per heavy atom. The Hall–Kier alpha value is -0.600. The molecule has 1 N–H and O–H groups in total. The number of aliphatic hydroxyl groups is 1. The molecular weight excluding hydrogens is 204 g/mol. The van der Waals surface area contributed by atoms with Gasteiger partial charge in [-0.05, 0) is 32.9 Å². The SMILES string of the molecule is CC#CCC1C(O)C(N2CCCC2)CN1[O-]. The number of hydrogen-bond acceptors (Lipinski definition) is 4. The van der Waals surface area contributed by atoms with Crippen molar-refractivity contribution >= 4 is 0 Å². The maximum Gasteiger partial charge on any atom is 0.0862 e. The van der Waals surface area contributed by atoms with E-state index in [-0.39, 0.29) is 12.1 Å². The van der Waals surface area contributed by atoms with Crippen LogP contribution in [0.15, 0.2) is 0 Å². The van der Waals surface area contributed by atoms with E-state index in [9.17, 15) is 10.3 Å². The fraction of sp³-hybridized carbons (Fsp3) is 0.833. The molecule has 0 spiro atoms. The van der Waals surface area contributed by atoms with Crippen molar-refractivity contribution in [1.29, 1.82) is 0 Å². The molecule has 0 saturated carbocycles. The number of aliphatic hydroxyl groups excluding tert-OH is 1. The van der Waals surface area contributed by atoms with Gasteiger partial charge in [-0.1, -0.05) is 0 Å². The second kappa shape index (κ2) is 5.15. The van der Waals surface area contributed by atoms with Gasteiger partial charge in [-0.15, -0.1) is 11.8 Å². The van der Waals surface area contributed by atoms with E-state index in [0.29, 0.717) is 13.0 Å². The lowest BCUT2D eigenvalue weighted by atomic mass is 10.1. The average Bonchev–Trinajstić information content (AvgIpc) is 2.86. The highest BCUT2D eigenvalue weighted by Gasteiger charge is 2.39. The molecule has 2 fully saturated rings. The number of hydroxylamine groups is 2. The van der Waals surface area contributed by atoms with Crippen molar-refractivity contribution in [2.75, 3.05) is 19.6 Å². The van der Waals surface area contributed by atoms with E-state index < -0.39 is 6.10 Å². The second-order valence-corrected chi connectivity index (χ2v) is 4.60. The Balaban J connectivity index is 1.98. The van der Waals surface area contributed by atoms with Crippen molar-refractivity contribution in [2.45, 2.75) is 44.4 Å². The molecule has 0 aromatic carbocycles. The molecule has 0 aromatic heterocycles. The average molecular weight is 223 g/mol. The minimum Gasteiger partial charge on any atom is -0.785 e. The van der Waals surface area contributed by atoms with E-state index in [1.807, 2.05) is 0 Å².